The fourth-order valence-corrected chi connectivity index (χ4v) is 1.80. The maximum atomic E-state index is 10.7. The Kier molecular flexibility index (Phi) is 8.90. The molecule has 0 spiro atoms. The third-order valence-corrected chi connectivity index (χ3v) is 3.07. The third-order valence-electron chi connectivity index (χ3n) is 3.07. The maximum Gasteiger partial charge on any atom is 0.302 e. The van der Waals surface area contributed by atoms with Crippen molar-refractivity contribution in [3.05, 3.63) is 36.0 Å². The van der Waals surface area contributed by atoms with Gasteiger partial charge in [-0.2, -0.15) is 0 Å². The van der Waals surface area contributed by atoms with Crippen LogP contribution in [0.1, 0.15) is 47.0 Å². The van der Waals surface area contributed by atoms with Crippen LogP contribution in [0.2, 0.25) is 0 Å². The van der Waals surface area contributed by atoms with Gasteiger partial charge in [-0.05, 0) is 39.2 Å². The molecule has 4 nitrogen and oxygen atoms in total. The zero-order chi connectivity index (χ0) is 16.5. The molecule has 0 fully saturated rings. The molecule has 0 aromatic carbocycles. The number of esters is 1. The van der Waals surface area contributed by atoms with Crippen molar-refractivity contribution in [2.24, 2.45) is 0 Å². The molecule has 0 heterocycles. The lowest BCUT2D eigenvalue weighted by Crippen LogP contribution is -2.26. The highest BCUT2D eigenvalue weighted by Gasteiger charge is 2.19. The van der Waals surface area contributed by atoms with E-state index in [9.17, 15) is 15.0 Å². The van der Waals surface area contributed by atoms with Crippen LogP contribution in [0, 0.1) is 0 Å². The normalized spacial score (nSPS) is 17.0. The Balaban J connectivity index is 4.21. The monoisotopic (exact) mass is 296 g/mol. The molecular formula is C17H28O4. The van der Waals surface area contributed by atoms with Gasteiger partial charge in [0.05, 0.1) is 11.7 Å². The molecule has 2 unspecified atom stereocenters. The molecule has 120 valence electrons. The van der Waals surface area contributed by atoms with Gasteiger partial charge in [-0.25, -0.2) is 0 Å². The number of aliphatic hydroxyl groups excluding tert-OH is 1. The third kappa shape index (κ3) is 11.0. The lowest BCUT2D eigenvalue weighted by atomic mass is 9.97. The van der Waals surface area contributed by atoms with Gasteiger partial charge in [-0.1, -0.05) is 23.8 Å². The molecule has 0 aliphatic rings. The van der Waals surface area contributed by atoms with Crippen LogP contribution >= 0.6 is 0 Å². The summed E-state index contributed by atoms with van der Waals surface area (Å²) in [7, 11) is 0. The molecule has 0 aromatic heterocycles. The van der Waals surface area contributed by atoms with E-state index in [4.69, 9.17) is 4.74 Å². The average Bonchev–Trinajstić information content (AvgIpc) is 2.35. The predicted molar refractivity (Wildman–Crippen MR) is 84.8 cm³/mol. The van der Waals surface area contributed by atoms with Gasteiger partial charge in [0.2, 0.25) is 0 Å². The first kappa shape index (κ1) is 19.6. The van der Waals surface area contributed by atoms with Crippen molar-refractivity contribution >= 4 is 5.97 Å². The molecule has 4 heteroatoms. The second-order valence-corrected chi connectivity index (χ2v) is 5.72. The van der Waals surface area contributed by atoms with Gasteiger partial charge in [-0.3, -0.25) is 4.79 Å². The Bertz CT molecular complexity index is 405. The Morgan fingerprint density at radius 3 is 2.48 bits per heavy atom. The first-order valence-electron chi connectivity index (χ1n) is 7.16. The molecule has 0 rings (SSSR count). The van der Waals surface area contributed by atoms with Crippen molar-refractivity contribution in [1.82, 2.24) is 0 Å². The molecule has 0 bridgehead atoms. The van der Waals surface area contributed by atoms with E-state index in [-0.39, 0.29) is 12.4 Å². The van der Waals surface area contributed by atoms with E-state index in [2.05, 4.69) is 6.58 Å². The van der Waals surface area contributed by atoms with Gasteiger partial charge >= 0.3 is 5.97 Å². The minimum Gasteiger partial charge on any atom is -0.461 e. The summed E-state index contributed by atoms with van der Waals surface area (Å²) in [5.74, 6) is -0.281. The average molecular weight is 296 g/mol. The van der Waals surface area contributed by atoms with Crippen LogP contribution in [-0.4, -0.2) is 34.5 Å². The van der Waals surface area contributed by atoms with Crippen LogP contribution in [0.15, 0.2) is 36.0 Å². The summed E-state index contributed by atoms with van der Waals surface area (Å²) in [6.07, 6.45) is 6.38. The predicted octanol–water partition coefficient (Wildman–Crippen LogP) is 2.91. The van der Waals surface area contributed by atoms with Crippen molar-refractivity contribution in [2.45, 2.75) is 58.7 Å². The first-order chi connectivity index (χ1) is 9.66. The van der Waals surface area contributed by atoms with E-state index in [1.807, 2.05) is 19.9 Å². The highest BCUT2D eigenvalue weighted by Crippen LogP contribution is 2.16. The van der Waals surface area contributed by atoms with Crippen molar-refractivity contribution in [2.75, 3.05) is 6.61 Å². The van der Waals surface area contributed by atoms with Gasteiger partial charge in [0, 0.05) is 13.3 Å². The van der Waals surface area contributed by atoms with Crippen molar-refractivity contribution in [3.63, 3.8) is 0 Å². The number of carbonyl (C=O) groups excluding carboxylic acids is 1. The van der Waals surface area contributed by atoms with Crippen LogP contribution in [0.5, 0.6) is 0 Å². The minimum absolute atomic E-state index is 0.231. The fourth-order valence-electron chi connectivity index (χ4n) is 1.80. The summed E-state index contributed by atoms with van der Waals surface area (Å²) in [4.78, 5) is 10.7. The molecule has 0 aromatic rings. The Morgan fingerprint density at radius 2 is 1.95 bits per heavy atom. The van der Waals surface area contributed by atoms with Crippen LogP contribution in [0.25, 0.3) is 0 Å². The number of allylic oxidation sites excluding steroid dienone is 2. The number of hydrogen-bond acceptors (Lipinski definition) is 4. The van der Waals surface area contributed by atoms with E-state index < -0.39 is 11.7 Å². The van der Waals surface area contributed by atoms with Gasteiger partial charge in [0.15, 0.2) is 0 Å². The first-order valence-corrected chi connectivity index (χ1v) is 7.16. The minimum atomic E-state index is -1.06. The van der Waals surface area contributed by atoms with E-state index in [0.717, 1.165) is 24.0 Å². The SMILES string of the molecule is C=CC(C)(O)CC(O)C=C(C)CCC=C(C)COC(C)=O. The smallest absolute Gasteiger partial charge is 0.302 e. The second kappa shape index (κ2) is 9.53. The highest BCUT2D eigenvalue weighted by atomic mass is 16.5. The summed E-state index contributed by atoms with van der Waals surface area (Å²) in [6.45, 7) is 10.7. The maximum absolute atomic E-state index is 10.7. The quantitative estimate of drug-likeness (QED) is 0.507. The van der Waals surface area contributed by atoms with E-state index in [0.29, 0.717) is 6.61 Å². The molecule has 0 saturated carbocycles. The Morgan fingerprint density at radius 1 is 1.33 bits per heavy atom. The van der Waals surface area contributed by atoms with Crippen LogP contribution in [0.3, 0.4) is 0 Å². The summed E-state index contributed by atoms with van der Waals surface area (Å²) in [5, 5.41) is 19.7. The molecule has 2 N–H and O–H groups in total. The Labute approximate surface area is 127 Å². The lowest BCUT2D eigenvalue weighted by molar-refractivity contribution is -0.139. The summed E-state index contributed by atoms with van der Waals surface area (Å²) >= 11 is 0. The number of rotatable bonds is 9. The van der Waals surface area contributed by atoms with Crippen LogP contribution < -0.4 is 0 Å². The zero-order valence-corrected chi connectivity index (χ0v) is 13.6. The second-order valence-electron chi connectivity index (χ2n) is 5.72. The lowest BCUT2D eigenvalue weighted by Gasteiger charge is -2.20. The molecular weight excluding hydrogens is 268 g/mol. The van der Waals surface area contributed by atoms with Crippen LogP contribution in [0.4, 0.5) is 0 Å². The van der Waals surface area contributed by atoms with Crippen molar-refractivity contribution < 1.29 is 19.7 Å². The number of aliphatic hydroxyl groups is 2. The number of hydrogen-bond donors (Lipinski definition) is 2. The standard InChI is InChI=1S/C17H28O4/c1-6-17(5,20)11-16(19)10-13(2)8-7-9-14(3)12-21-15(4)18/h6,9-10,16,19-20H,1,7-8,11-12H2,2-5H3. The molecule has 2 atom stereocenters. The van der Waals surface area contributed by atoms with Gasteiger partial charge in [0.1, 0.15) is 6.61 Å². The molecule has 0 amide bonds. The summed E-state index contributed by atoms with van der Waals surface area (Å²) in [6, 6.07) is 0. The molecule has 0 aliphatic heterocycles. The molecule has 21 heavy (non-hydrogen) atoms. The molecule has 0 aliphatic carbocycles. The highest BCUT2D eigenvalue weighted by molar-refractivity contribution is 5.66. The largest absolute Gasteiger partial charge is 0.461 e. The van der Waals surface area contributed by atoms with Crippen molar-refractivity contribution in [1.29, 1.82) is 0 Å². The topological polar surface area (TPSA) is 66.8 Å². The van der Waals surface area contributed by atoms with Gasteiger partial charge in [0.25, 0.3) is 0 Å². The number of ether oxygens (including phenoxy) is 1. The number of carbonyl (C=O) groups is 1. The zero-order valence-electron chi connectivity index (χ0n) is 13.6. The van der Waals surface area contributed by atoms with Gasteiger partial charge in [-0.15, -0.1) is 6.58 Å². The van der Waals surface area contributed by atoms with Crippen LogP contribution in [-0.2, 0) is 9.53 Å². The summed E-state index contributed by atoms with van der Waals surface area (Å²) < 4.78 is 4.89. The molecule has 0 radical (unpaired) electrons. The van der Waals surface area contributed by atoms with Gasteiger partial charge < -0.3 is 14.9 Å². The van der Waals surface area contributed by atoms with E-state index in [1.165, 1.54) is 13.0 Å². The Hall–Kier alpha value is -1.39. The summed E-state index contributed by atoms with van der Waals surface area (Å²) in [5.41, 5.74) is 1.00. The van der Waals surface area contributed by atoms with Crippen molar-refractivity contribution in [3.8, 4) is 0 Å². The van der Waals surface area contributed by atoms with E-state index >= 15 is 0 Å². The van der Waals surface area contributed by atoms with E-state index in [1.54, 1.807) is 13.0 Å². The fraction of sp³-hybridized carbons (Fsp3) is 0.588. The molecule has 0 saturated heterocycles.